The molecular weight excluding hydrogens is 418 g/mol. The zero-order valence-corrected chi connectivity index (χ0v) is 20.0. The lowest BCUT2D eigenvalue weighted by molar-refractivity contribution is -0.137. The van der Waals surface area contributed by atoms with E-state index in [1.54, 1.807) is 20.8 Å². The Labute approximate surface area is 185 Å². The monoisotopic (exact) mass is 453 g/mol. The van der Waals surface area contributed by atoms with Crippen molar-refractivity contribution in [2.24, 2.45) is 5.92 Å². The summed E-state index contributed by atoms with van der Waals surface area (Å²) in [7, 11) is -3.95. The minimum atomic E-state index is -3.95. The minimum absolute atomic E-state index is 0.0244. The third kappa shape index (κ3) is 4.53. The normalized spacial score (nSPS) is 20.6. The maximum Gasteiger partial charge on any atom is 0.341 e. The average molecular weight is 454 g/mol. The summed E-state index contributed by atoms with van der Waals surface area (Å²) < 4.78 is 35.9. The van der Waals surface area contributed by atoms with Crippen molar-refractivity contribution in [3.63, 3.8) is 0 Å². The van der Waals surface area contributed by atoms with Gasteiger partial charge in [-0.3, -0.25) is 4.79 Å². The SMILES string of the molecule is CCOC(=O)c1c(S(=O)(=O)N2CCCC(C(=O)N3CCCCC3)C2)c(C)n(CC)c1C. The molecule has 1 unspecified atom stereocenters. The summed E-state index contributed by atoms with van der Waals surface area (Å²) in [6.07, 6.45) is 4.47. The Morgan fingerprint density at radius 1 is 1.00 bits per heavy atom. The van der Waals surface area contributed by atoms with Crippen molar-refractivity contribution in [3.05, 3.63) is 17.0 Å². The number of likely N-dealkylation sites (tertiary alicyclic amines) is 1. The van der Waals surface area contributed by atoms with E-state index in [0.717, 1.165) is 32.4 Å². The standard InChI is InChI=1S/C22H35N3O5S/c1-5-25-16(3)19(22(27)30-6-2)20(17(25)4)31(28,29)24-14-10-11-18(15-24)21(26)23-12-8-7-9-13-23/h18H,5-15H2,1-4H3. The van der Waals surface area contributed by atoms with Crippen LogP contribution in [0.4, 0.5) is 0 Å². The first-order chi connectivity index (χ1) is 14.7. The van der Waals surface area contributed by atoms with Crippen molar-refractivity contribution in [1.29, 1.82) is 0 Å². The Hall–Kier alpha value is -1.87. The number of rotatable bonds is 6. The van der Waals surface area contributed by atoms with Crippen molar-refractivity contribution >= 4 is 21.9 Å². The second-order valence-corrected chi connectivity index (χ2v) is 10.3. The molecule has 0 aliphatic carbocycles. The van der Waals surface area contributed by atoms with Crippen molar-refractivity contribution in [3.8, 4) is 0 Å². The van der Waals surface area contributed by atoms with Gasteiger partial charge >= 0.3 is 5.97 Å². The molecule has 1 aromatic heterocycles. The molecule has 1 atom stereocenters. The second-order valence-electron chi connectivity index (χ2n) is 8.43. The van der Waals surface area contributed by atoms with Crippen LogP contribution < -0.4 is 0 Å². The van der Waals surface area contributed by atoms with E-state index in [1.165, 1.54) is 4.31 Å². The summed E-state index contributed by atoms with van der Waals surface area (Å²) >= 11 is 0. The molecule has 3 rings (SSSR count). The number of esters is 1. The zero-order chi connectivity index (χ0) is 22.8. The molecule has 2 saturated heterocycles. The van der Waals surface area contributed by atoms with Gasteiger partial charge in [0.15, 0.2) is 0 Å². The van der Waals surface area contributed by atoms with Gasteiger partial charge in [0, 0.05) is 44.1 Å². The van der Waals surface area contributed by atoms with E-state index in [0.29, 0.717) is 37.3 Å². The maximum atomic E-state index is 13.7. The van der Waals surface area contributed by atoms with Crippen molar-refractivity contribution in [2.75, 3.05) is 32.8 Å². The van der Waals surface area contributed by atoms with Gasteiger partial charge in [0.2, 0.25) is 15.9 Å². The highest BCUT2D eigenvalue weighted by Gasteiger charge is 2.40. The van der Waals surface area contributed by atoms with Gasteiger partial charge in [0.25, 0.3) is 0 Å². The number of ether oxygens (including phenoxy) is 1. The number of aromatic nitrogens is 1. The Kier molecular flexibility index (Phi) is 7.47. The predicted molar refractivity (Wildman–Crippen MR) is 117 cm³/mol. The molecule has 0 aromatic carbocycles. The lowest BCUT2D eigenvalue weighted by atomic mass is 9.97. The minimum Gasteiger partial charge on any atom is -0.462 e. The van der Waals surface area contributed by atoms with Crippen molar-refractivity contribution < 1.29 is 22.7 Å². The predicted octanol–water partition coefficient (Wildman–Crippen LogP) is 2.71. The first-order valence-corrected chi connectivity index (χ1v) is 12.8. The van der Waals surface area contributed by atoms with Crippen LogP contribution in [0.3, 0.4) is 0 Å². The zero-order valence-electron chi connectivity index (χ0n) is 19.1. The van der Waals surface area contributed by atoms with Crippen LogP contribution in [0, 0.1) is 19.8 Å². The van der Waals surface area contributed by atoms with E-state index in [9.17, 15) is 18.0 Å². The summed E-state index contributed by atoms with van der Waals surface area (Å²) in [5, 5.41) is 0. The number of sulfonamides is 1. The molecule has 174 valence electrons. The van der Waals surface area contributed by atoms with Crippen molar-refractivity contribution in [2.45, 2.75) is 71.2 Å². The Morgan fingerprint density at radius 2 is 1.68 bits per heavy atom. The van der Waals surface area contributed by atoms with Gasteiger partial charge < -0.3 is 14.2 Å². The van der Waals surface area contributed by atoms with E-state index in [1.807, 2.05) is 16.4 Å². The fourth-order valence-corrected chi connectivity index (χ4v) is 6.93. The number of amides is 1. The molecule has 0 radical (unpaired) electrons. The molecule has 2 aliphatic rings. The summed E-state index contributed by atoms with van der Waals surface area (Å²) in [5.41, 5.74) is 1.24. The summed E-state index contributed by atoms with van der Waals surface area (Å²) in [5.74, 6) is -0.890. The Bertz CT molecular complexity index is 931. The van der Waals surface area contributed by atoms with Gasteiger partial charge in [0.05, 0.1) is 12.5 Å². The van der Waals surface area contributed by atoms with Gasteiger partial charge in [-0.1, -0.05) is 0 Å². The van der Waals surface area contributed by atoms with Gasteiger partial charge in [-0.05, 0) is 59.8 Å². The number of nitrogens with zero attached hydrogens (tertiary/aromatic N) is 3. The maximum absolute atomic E-state index is 13.7. The smallest absolute Gasteiger partial charge is 0.341 e. The molecule has 2 fully saturated rings. The van der Waals surface area contributed by atoms with Crippen LogP contribution in [0.2, 0.25) is 0 Å². The van der Waals surface area contributed by atoms with Crippen LogP contribution in [0.25, 0.3) is 0 Å². The fraction of sp³-hybridized carbons (Fsp3) is 0.727. The molecular formula is C22H35N3O5S. The van der Waals surface area contributed by atoms with Gasteiger partial charge in [-0.2, -0.15) is 4.31 Å². The quantitative estimate of drug-likeness (QED) is 0.618. The molecule has 2 aliphatic heterocycles. The van der Waals surface area contributed by atoms with E-state index in [-0.39, 0.29) is 35.4 Å². The molecule has 8 nitrogen and oxygen atoms in total. The largest absolute Gasteiger partial charge is 0.462 e. The molecule has 3 heterocycles. The molecule has 31 heavy (non-hydrogen) atoms. The topological polar surface area (TPSA) is 88.9 Å². The highest BCUT2D eigenvalue weighted by molar-refractivity contribution is 7.89. The second kappa shape index (κ2) is 9.73. The summed E-state index contributed by atoms with van der Waals surface area (Å²) in [4.78, 5) is 27.6. The molecule has 9 heteroatoms. The Balaban J connectivity index is 1.93. The fourth-order valence-electron chi connectivity index (χ4n) is 4.95. The molecule has 0 N–H and O–H groups in total. The molecule has 0 bridgehead atoms. The first kappa shape index (κ1) is 23.8. The van der Waals surface area contributed by atoms with Crippen LogP contribution in [0.1, 0.15) is 67.7 Å². The lowest BCUT2D eigenvalue weighted by Crippen LogP contribution is -2.48. The third-order valence-corrected chi connectivity index (χ3v) is 8.55. The van der Waals surface area contributed by atoms with Crippen LogP contribution in [-0.2, 0) is 26.1 Å². The summed E-state index contributed by atoms with van der Waals surface area (Å²) in [6, 6.07) is 0. The van der Waals surface area contributed by atoms with Crippen LogP contribution in [0.15, 0.2) is 4.90 Å². The highest BCUT2D eigenvalue weighted by Crippen LogP contribution is 2.33. The summed E-state index contributed by atoms with van der Waals surface area (Å²) in [6.45, 7) is 9.85. The van der Waals surface area contributed by atoms with E-state index >= 15 is 0 Å². The van der Waals surface area contributed by atoms with Crippen molar-refractivity contribution in [1.82, 2.24) is 13.8 Å². The number of carbonyl (C=O) groups is 2. The van der Waals surface area contributed by atoms with Gasteiger partial charge in [0.1, 0.15) is 10.5 Å². The van der Waals surface area contributed by atoms with Crippen LogP contribution >= 0.6 is 0 Å². The van der Waals surface area contributed by atoms with Crippen LogP contribution in [-0.4, -0.2) is 66.9 Å². The van der Waals surface area contributed by atoms with Gasteiger partial charge in [-0.15, -0.1) is 0 Å². The highest BCUT2D eigenvalue weighted by atomic mass is 32.2. The van der Waals surface area contributed by atoms with E-state index in [2.05, 4.69) is 0 Å². The number of piperidine rings is 2. The van der Waals surface area contributed by atoms with Gasteiger partial charge in [-0.25, -0.2) is 13.2 Å². The first-order valence-electron chi connectivity index (χ1n) is 11.4. The molecule has 1 amide bonds. The van der Waals surface area contributed by atoms with Crippen LogP contribution in [0.5, 0.6) is 0 Å². The molecule has 0 saturated carbocycles. The number of carbonyl (C=O) groups excluding carboxylic acids is 2. The molecule has 1 aromatic rings. The Morgan fingerprint density at radius 3 is 2.29 bits per heavy atom. The third-order valence-electron chi connectivity index (χ3n) is 6.52. The van der Waals surface area contributed by atoms with E-state index in [4.69, 9.17) is 4.74 Å². The number of hydrogen-bond donors (Lipinski definition) is 0. The average Bonchev–Trinajstić information content (AvgIpc) is 3.04. The molecule has 0 spiro atoms. The lowest BCUT2D eigenvalue weighted by Gasteiger charge is -2.35. The number of hydrogen-bond acceptors (Lipinski definition) is 5. The van der Waals surface area contributed by atoms with E-state index < -0.39 is 16.0 Å².